The van der Waals surface area contributed by atoms with Gasteiger partial charge in [-0.2, -0.15) is 0 Å². The van der Waals surface area contributed by atoms with Crippen LogP contribution in [0.1, 0.15) is 45.1 Å². The fourth-order valence-corrected chi connectivity index (χ4v) is 3.22. The van der Waals surface area contributed by atoms with Crippen molar-refractivity contribution in [3.8, 4) is 11.5 Å². The molecule has 0 saturated carbocycles. The molecule has 1 aromatic rings. The number of carbonyl (C=O) groups excluding carboxylic acids is 1. The van der Waals surface area contributed by atoms with Gasteiger partial charge in [0.1, 0.15) is 11.5 Å². The molecule has 5 heteroatoms. The predicted octanol–water partition coefficient (Wildman–Crippen LogP) is 4.44. The summed E-state index contributed by atoms with van der Waals surface area (Å²) in [5, 5.41) is 0. The average molecular weight is 433 g/mol. The van der Waals surface area contributed by atoms with Gasteiger partial charge >= 0.3 is 0 Å². The molecule has 1 aromatic carbocycles. The number of hydrogen-bond acceptors (Lipinski definition) is 3. The summed E-state index contributed by atoms with van der Waals surface area (Å²) in [5.74, 6) is 1.72. The smallest absolute Gasteiger partial charge is 0.232 e. The van der Waals surface area contributed by atoms with E-state index in [1.807, 2.05) is 23.1 Å². The van der Waals surface area contributed by atoms with Crippen molar-refractivity contribution in [1.82, 2.24) is 4.90 Å². The summed E-state index contributed by atoms with van der Waals surface area (Å²) in [6, 6.07) is 6.06. The monoisotopic (exact) mass is 433 g/mol. The Hall–Kier alpha value is -0.980. The third kappa shape index (κ3) is 5.86. The molecule has 0 unspecified atom stereocenters. The van der Waals surface area contributed by atoms with Crippen LogP contribution >= 0.6 is 22.6 Å². The quantitative estimate of drug-likeness (QED) is 0.405. The zero-order valence-corrected chi connectivity index (χ0v) is 16.8. The normalized spacial score (nSPS) is 10.7. The van der Waals surface area contributed by atoms with Gasteiger partial charge in [0.15, 0.2) is 0 Å². The summed E-state index contributed by atoms with van der Waals surface area (Å²) in [6.07, 6.45) is 4.23. The summed E-state index contributed by atoms with van der Waals surface area (Å²) in [7, 11) is 3.29. The molecule has 0 aliphatic rings. The van der Waals surface area contributed by atoms with Crippen molar-refractivity contribution >= 4 is 28.5 Å². The van der Waals surface area contributed by atoms with E-state index in [9.17, 15) is 4.79 Å². The molecule has 23 heavy (non-hydrogen) atoms. The highest BCUT2D eigenvalue weighted by molar-refractivity contribution is 14.1. The first-order valence-electron chi connectivity index (χ1n) is 8.17. The molecule has 0 atom stereocenters. The average Bonchev–Trinajstić information content (AvgIpc) is 2.58. The summed E-state index contributed by atoms with van der Waals surface area (Å²) >= 11 is 2.15. The van der Waals surface area contributed by atoms with E-state index in [2.05, 4.69) is 36.4 Å². The van der Waals surface area contributed by atoms with Crippen LogP contribution in [0.4, 0.5) is 0 Å². The fourth-order valence-electron chi connectivity index (χ4n) is 2.79. The Balaban J connectivity index is 3.07. The van der Waals surface area contributed by atoms with Crippen LogP contribution in [0.25, 0.3) is 0 Å². The number of ether oxygens (including phenoxy) is 2. The number of rotatable bonds is 10. The molecule has 4 nitrogen and oxygen atoms in total. The van der Waals surface area contributed by atoms with Gasteiger partial charge in [-0.25, -0.2) is 0 Å². The van der Waals surface area contributed by atoms with E-state index in [1.54, 1.807) is 14.2 Å². The minimum atomic E-state index is 0.190. The van der Waals surface area contributed by atoms with Crippen molar-refractivity contribution in [1.29, 1.82) is 0 Å². The lowest BCUT2D eigenvalue weighted by Crippen LogP contribution is -2.40. The molecule has 1 amide bonds. The molecule has 0 heterocycles. The van der Waals surface area contributed by atoms with Gasteiger partial charge in [-0.15, -0.1) is 0 Å². The van der Waals surface area contributed by atoms with Crippen LogP contribution in [0.2, 0.25) is 0 Å². The Morgan fingerprint density at radius 1 is 1.17 bits per heavy atom. The van der Waals surface area contributed by atoms with Crippen LogP contribution < -0.4 is 9.47 Å². The second kappa shape index (κ2) is 10.7. The Bertz CT molecular complexity index is 487. The Morgan fingerprint density at radius 3 is 2.30 bits per heavy atom. The van der Waals surface area contributed by atoms with Gasteiger partial charge < -0.3 is 14.4 Å². The molecule has 0 spiro atoms. The number of benzene rings is 1. The van der Waals surface area contributed by atoms with E-state index in [1.165, 1.54) is 0 Å². The summed E-state index contributed by atoms with van der Waals surface area (Å²) in [4.78, 5) is 14.5. The molecule has 0 radical (unpaired) electrons. The van der Waals surface area contributed by atoms with Crippen molar-refractivity contribution in [2.75, 3.05) is 18.6 Å². The molecule has 1 rings (SSSR count). The third-order valence-corrected chi connectivity index (χ3v) is 4.61. The fraction of sp³-hybridized carbons (Fsp3) is 0.611. The highest BCUT2D eigenvalue weighted by atomic mass is 127. The summed E-state index contributed by atoms with van der Waals surface area (Å²) < 4.78 is 11.2. The van der Waals surface area contributed by atoms with Gasteiger partial charge in [0.05, 0.1) is 18.6 Å². The van der Waals surface area contributed by atoms with Gasteiger partial charge in [0, 0.05) is 24.2 Å². The number of halogens is 1. The number of hydrogen-bond donors (Lipinski definition) is 0. The Morgan fingerprint density at radius 2 is 1.83 bits per heavy atom. The Kier molecular flexibility index (Phi) is 9.36. The molecule has 130 valence electrons. The van der Waals surface area contributed by atoms with E-state index in [0.717, 1.165) is 42.7 Å². The van der Waals surface area contributed by atoms with E-state index >= 15 is 0 Å². The lowest BCUT2D eigenvalue weighted by Gasteiger charge is -2.32. The van der Waals surface area contributed by atoms with Crippen LogP contribution in [0.15, 0.2) is 18.2 Å². The van der Waals surface area contributed by atoms with E-state index in [0.29, 0.717) is 17.0 Å². The first kappa shape index (κ1) is 20.1. The van der Waals surface area contributed by atoms with E-state index in [-0.39, 0.29) is 5.91 Å². The van der Waals surface area contributed by atoms with Gasteiger partial charge in [-0.1, -0.05) is 49.3 Å². The molecule has 0 bridgehead atoms. The number of methoxy groups -OCH3 is 2. The minimum Gasteiger partial charge on any atom is -0.497 e. The number of amides is 1. The predicted molar refractivity (Wildman–Crippen MR) is 103 cm³/mol. The van der Waals surface area contributed by atoms with Crippen LogP contribution in [0.5, 0.6) is 11.5 Å². The number of alkyl halides is 1. The second-order valence-electron chi connectivity index (χ2n) is 5.56. The second-order valence-corrected chi connectivity index (χ2v) is 6.33. The van der Waals surface area contributed by atoms with Crippen molar-refractivity contribution < 1.29 is 14.3 Å². The zero-order chi connectivity index (χ0) is 17.2. The largest absolute Gasteiger partial charge is 0.497 e. The van der Waals surface area contributed by atoms with E-state index < -0.39 is 0 Å². The van der Waals surface area contributed by atoms with Gasteiger partial charge in [0.2, 0.25) is 5.91 Å². The molecule has 0 N–H and O–H groups in total. The highest BCUT2D eigenvalue weighted by Gasteiger charge is 2.23. The summed E-state index contributed by atoms with van der Waals surface area (Å²) in [5.41, 5.74) is 1.02. The SMILES string of the molecule is CCCC(CCC)N(Cc1ccc(OC)cc1OC)C(=O)CI. The van der Waals surface area contributed by atoms with Crippen LogP contribution in [-0.2, 0) is 11.3 Å². The van der Waals surface area contributed by atoms with Crippen molar-refractivity contribution in [3.05, 3.63) is 23.8 Å². The van der Waals surface area contributed by atoms with Crippen molar-refractivity contribution in [3.63, 3.8) is 0 Å². The van der Waals surface area contributed by atoms with Crippen LogP contribution in [0.3, 0.4) is 0 Å². The molecule has 0 aromatic heterocycles. The minimum absolute atomic E-state index is 0.190. The highest BCUT2D eigenvalue weighted by Crippen LogP contribution is 2.27. The molecule has 0 aliphatic heterocycles. The van der Waals surface area contributed by atoms with Crippen LogP contribution in [0, 0.1) is 0 Å². The topological polar surface area (TPSA) is 38.8 Å². The molecule has 0 aliphatic carbocycles. The van der Waals surface area contributed by atoms with Gasteiger partial charge in [0.25, 0.3) is 0 Å². The van der Waals surface area contributed by atoms with Crippen LogP contribution in [-0.4, -0.2) is 35.5 Å². The lowest BCUT2D eigenvalue weighted by molar-refractivity contribution is -0.131. The standard InChI is InChI=1S/C18H28INO3/c1-5-7-15(8-6-2)20(18(21)12-19)13-14-9-10-16(22-3)11-17(14)23-4/h9-11,15H,5-8,12-13H2,1-4H3. The molecular formula is C18H28INO3. The summed E-state index contributed by atoms with van der Waals surface area (Å²) in [6.45, 7) is 4.92. The van der Waals surface area contributed by atoms with Gasteiger partial charge in [-0.05, 0) is 25.0 Å². The first-order valence-corrected chi connectivity index (χ1v) is 9.70. The van der Waals surface area contributed by atoms with Crippen molar-refractivity contribution in [2.45, 2.75) is 52.1 Å². The lowest BCUT2D eigenvalue weighted by atomic mass is 10.0. The van der Waals surface area contributed by atoms with Gasteiger partial charge in [-0.3, -0.25) is 4.79 Å². The third-order valence-electron chi connectivity index (χ3n) is 3.95. The molecule has 0 saturated heterocycles. The van der Waals surface area contributed by atoms with Crippen molar-refractivity contribution in [2.24, 2.45) is 0 Å². The van der Waals surface area contributed by atoms with E-state index in [4.69, 9.17) is 9.47 Å². The number of nitrogens with zero attached hydrogens (tertiary/aromatic N) is 1. The zero-order valence-electron chi connectivity index (χ0n) is 14.6. The maximum Gasteiger partial charge on any atom is 0.232 e. The molecular weight excluding hydrogens is 405 g/mol. The molecule has 0 fully saturated rings. The maximum atomic E-state index is 12.5. The first-order chi connectivity index (χ1) is 11.1. The Labute approximate surface area is 153 Å². The maximum absolute atomic E-state index is 12.5. The number of carbonyl (C=O) groups is 1.